The maximum absolute atomic E-state index is 2.41. The summed E-state index contributed by atoms with van der Waals surface area (Å²) in [5.74, 6) is 0. The molecule has 0 spiro atoms. The minimum atomic E-state index is 0.549. The Hall–Kier alpha value is -0.600. The zero-order valence-electron chi connectivity index (χ0n) is 7.94. The molecule has 1 heterocycles. The predicted octanol–water partition coefficient (Wildman–Crippen LogP) is 1.07. The largest absolute Gasteiger partial charge is 0.283 e. The van der Waals surface area contributed by atoms with Gasteiger partial charge in [-0.1, -0.05) is 24.3 Å². The van der Waals surface area contributed by atoms with Gasteiger partial charge in [-0.2, -0.15) is 0 Å². The molecule has 2 heteroatoms. The summed E-state index contributed by atoms with van der Waals surface area (Å²) in [5, 5.41) is 0. The van der Waals surface area contributed by atoms with Gasteiger partial charge < -0.3 is 0 Å². The first-order chi connectivity index (χ1) is 5.72. The maximum atomic E-state index is 2.41. The second-order valence-corrected chi connectivity index (χ2v) is 3.71. The van der Waals surface area contributed by atoms with Crippen LogP contribution in [0.5, 0.6) is 0 Å². The van der Waals surface area contributed by atoms with Crippen molar-refractivity contribution in [2.75, 3.05) is 14.1 Å². The molecule has 0 saturated carbocycles. The third kappa shape index (κ3) is 0.952. The van der Waals surface area contributed by atoms with Crippen LogP contribution in [0.2, 0.25) is 0 Å². The summed E-state index contributed by atoms with van der Waals surface area (Å²) in [5.41, 5.74) is 0. The van der Waals surface area contributed by atoms with Crippen LogP contribution in [0.15, 0.2) is 24.3 Å². The molecule has 0 aromatic carbocycles. The smallest absolute Gasteiger partial charge is 0.0599 e. The molecule has 12 heavy (non-hydrogen) atoms. The molecule has 66 valence electrons. The van der Waals surface area contributed by atoms with Crippen molar-refractivity contribution < 1.29 is 0 Å². The second kappa shape index (κ2) is 2.71. The third-order valence-electron chi connectivity index (χ3n) is 3.20. The van der Waals surface area contributed by atoms with Gasteiger partial charge in [-0.3, -0.25) is 9.80 Å². The summed E-state index contributed by atoms with van der Waals surface area (Å²) in [6, 6.07) is 1.16. The van der Waals surface area contributed by atoms with E-state index in [0.717, 1.165) is 0 Å². The van der Waals surface area contributed by atoms with E-state index in [1.165, 1.54) is 0 Å². The van der Waals surface area contributed by atoms with Crippen LogP contribution in [0.1, 0.15) is 6.92 Å². The highest BCUT2D eigenvalue weighted by molar-refractivity contribution is 5.23. The molecule has 2 unspecified atom stereocenters. The van der Waals surface area contributed by atoms with Crippen LogP contribution in [0.3, 0.4) is 0 Å². The van der Waals surface area contributed by atoms with Gasteiger partial charge in [0.1, 0.15) is 0 Å². The molecule has 1 aliphatic carbocycles. The first-order valence-corrected chi connectivity index (χ1v) is 4.50. The van der Waals surface area contributed by atoms with E-state index in [2.05, 4.69) is 55.1 Å². The van der Waals surface area contributed by atoms with E-state index in [-0.39, 0.29) is 0 Å². The lowest BCUT2D eigenvalue weighted by Crippen LogP contribution is -2.33. The highest BCUT2D eigenvalue weighted by Crippen LogP contribution is 2.27. The quantitative estimate of drug-likeness (QED) is 0.528. The Balaban J connectivity index is 2.27. The van der Waals surface area contributed by atoms with Crippen LogP contribution in [0, 0.1) is 0 Å². The number of fused-ring (bicyclic) bond motifs is 1. The average Bonchev–Trinajstić information content (AvgIpc) is 2.33. The molecule has 0 bridgehead atoms. The highest BCUT2D eigenvalue weighted by atomic mass is 15.4. The van der Waals surface area contributed by atoms with Crippen molar-refractivity contribution in [3.8, 4) is 0 Å². The van der Waals surface area contributed by atoms with E-state index < -0.39 is 0 Å². The van der Waals surface area contributed by atoms with E-state index in [1.807, 2.05) is 0 Å². The molecule has 0 N–H and O–H groups in total. The van der Waals surface area contributed by atoms with Gasteiger partial charge in [0.15, 0.2) is 0 Å². The molecule has 0 aromatic heterocycles. The summed E-state index contributed by atoms with van der Waals surface area (Å²) < 4.78 is 0. The second-order valence-electron chi connectivity index (χ2n) is 3.71. The molecule has 2 atom stereocenters. The molecule has 2 nitrogen and oxygen atoms in total. The lowest BCUT2D eigenvalue weighted by molar-refractivity contribution is 0.191. The fourth-order valence-corrected chi connectivity index (χ4v) is 2.12. The fraction of sp³-hybridized carbons (Fsp3) is 0.600. The van der Waals surface area contributed by atoms with E-state index >= 15 is 0 Å². The zero-order valence-corrected chi connectivity index (χ0v) is 7.94. The Morgan fingerprint density at radius 1 is 0.917 bits per heavy atom. The summed E-state index contributed by atoms with van der Waals surface area (Å²) in [4.78, 5) is 4.81. The molecule has 2 aliphatic rings. The van der Waals surface area contributed by atoms with E-state index in [4.69, 9.17) is 0 Å². The summed E-state index contributed by atoms with van der Waals surface area (Å²) >= 11 is 0. The van der Waals surface area contributed by atoms with Crippen LogP contribution >= 0.6 is 0 Å². The van der Waals surface area contributed by atoms with Gasteiger partial charge in [0.05, 0.1) is 6.17 Å². The minimum Gasteiger partial charge on any atom is -0.283 e. The van der Waals surface area contributed by atoms with Gasteiger partial charge in [-0.25, -0.2) is 0 Å². The summed E-state index contributed by atoms with van der Waals surface area (Å²) in [6.45, 7) is 2.25. The molecule has 2 rings (SSSR count). The molecular formula is C10H16N2. The van der Waals surface area contributed by atoms with Crippen molar-refractivity contribution in [3.05, 3.63) is 24.3 Å². The third-order valence-corrected chi connectivity index (χ3v) is 3.20. The number of likely N-dealkylation sites (N-methyl/N-ethyl adjacent to an activating group) is 2. The minimum absolute atomic E-state index is 0.549. The number of nitrogens with zero attached hydrogens (tertiary/aromatic N) is 2. The van der Waals surface area contributed by atoms with Gasteiger partial charge in [-0.15, -0.1) is 0 Å². The number of hydrogen-bond donors (Lipinski definition) is 0. The van der Waals surface area contributed by atoms with Gasteiger partial charge in [-0.05, 0) is 21.0 Å². The first kappa shape index (κ1) is 8.02. The van der Waals surface area contributed by atoms with Crippen molar-refractivity contribution in [3.63, 3.8) is 0 Å². The average molecular weight is 164 g/mol. The van der Waals surface area contributed by atoms with Crippen molar-refractivity contribution in [1.29, 1.82) is 0 Å². The first-order valence-electron chi connectivity index (χ1n) is 4.50. The van der Waals surface area contributed by atoms with E-state index in [1.54, 1.807) is 0 Å². The molecular weight excluding hydrogens is 148 g/mol. The van der Waals surface area contributed by atoms with Gasteiger partial charge >= 0.3 is 0 Å². The van der Waals surface area contributed by atoms with Crippen molar-refractivity contribution in [2.45, 2.75) is 25.2 Å². The monoisotopic (exact) mass is 164 g/mol. The van der Waals surface area contributed by atoms with Crippen LogP contribution in [-0.4, -0.2) is 42.1 Å². The lowest BCUT2D eigenvalue weighted by Gasteiger charge is -2.21. The molecule has 0 radical (unpaired) electrons. The molecule has 1 fully saturated rings. The van der Waals surface area contributed by atoms with E-state index in [9.17, 15) is 0 Å². The number of rotatable bonds is 0. The lowest BCUT2D eigenvalue weighted by atomic mass is 10.0. The maximum Gasteiger partial charge on any atom is 0.0599 e. The Morgan fingerprint density at radius 3 is 1.75 bits per heavy atom. The molecule has 0 amide bonds. The SMILES string of the molecule is CC1N(C)C2C=CC=CC2N1C. The molecule has 0 aromatic rings. The standard InChI is InChI=1S/C10H16N2/c1-8-11(2)9-6-4-5-7-10(9)12(8)3/h4-10H,1-3H3. The zero-order chi connectivity index (χ0) is 8.72. The summed E-state index contributed by atoms with van der Waals surface area (Å²) in [7, 11) is 4.38. The molecule has 1 aliphatic heterocycles. The van der Waals surface area contributed by atoms with Gasteiger partial charge in [0.2, 0.25) is 0 Å². The van der Waals surface area contributed by atoms with Crippen LogP contribution in [-0.2, 0) is 0 Å². The fourth-order valence-electron chi connectivity index (χ4n) is 2.12. The topological polar surface area (TPSA) is 6.48 Å². The Morgan fingerprint density at radius 2 is 1.33 bits per heavy atom. The van der Waals surface area contributed by atoms with Crippen LogP contribution < -0.4 is 0 Å². The van der Waals surface area contributed by atoms with Gasteiger partial charge in [0, 0.05) is 12.1 Å². The van der Waals surface area contributed by atoms with Crippen molar-refractivity contribution in [2.24, 2.45) is 0 Å². The van der Waals surface area contributed by atoms with Crippen LogP contribution in [0.25, 0.3) is 0 Å². The van der Waals surface area contributed by atoms with Crippen molar-refractivity contribution >= 4 is 0 Å². The number of allylic oxidation sites excluding steroid dienone is 2. The van der Waals surface area contributed by atoms with Crippen molar-refractivity contribution in [1.82, 2.24) is 9.80 Å². The summed E-state index contributed by atoms with van der Waals surface area (Å²) in [6.07, 6.45) is 9.40. The molecule has 1 saturated heterocycles. The van der Waals surface area contributed by atoms with E-state index in [0.29, 0.717) is 18.2 Å². The Kier molecular flexibility index (Phi) is 1.81. The Bertz CT molecular complexity index is 208. The normalized spacial score (nSPS) is 42.1. The number of hydrogen-bond acceptors (Lipinski definition) is 2. The highest BCUT2D eigenvalue weighted by Gasteiger charge is 2.38. The Labute approximate surface area is 74.2 Å². The predicted molar refractivity (Wildman–Crippen MR) is 50.8 cm³/mol. The van der Waals surface area contributed by atoms with Gasteiger partial charge in [0.25, 0.3) is 0 Å². The van der Waals surface area contributed by atoms with Crippen LogP contribution in [0.4, 0.5) is 0 Å².